The summed E-state index contributed by atoms with van der Waals surface area (Å²) in [5, 5.41) is 2.73. The van der Waals surface area contributed by atoms with E-state index in [2.05, 4.69) is 21.2 Å². The van der Waals surface area contributed by atoms with E-state index in [0.717, 1.165) is 15.8 Å². The van der Waals surface area contributed by atoms with Gasteiger partial charge in [-0.3, -0.25) is 0 Å². The van der Waals surface area contributed by atoms with Crippen molar-refractivity contribution in [2.75, 3.05) is 13.7 Å². The quantitative estimate of drug-likeness (QED) is 0.912. The van der Waals surface area contributed by atoms with Gasteiger partial charge in [0.2, 0.25) is 0 Å². The summed E-state index contributed by atoms with van der Waals surface area (Å²) in [7, 11) is 1.63. The van der Waals surface area contributed by atoms with Crippen molar-refractivity contribution in [2.45, 2.75) is 25.4 Å². The lowest BCUT2D eigenvalue weighted by Gasteiger charge is -2.38. The van der Waals surface area contributed by atoms with Crippen molar-refractivity contribution >= 4 is 22.0 Å². The van der Waals surface area contributed by atoms with Crippen LogP contribution in [-0.2, 0) is 4.74 Å². The molecule has 0 aliphatic carbocycles. The van der Waals surface area contributed by atoms with E-state index in [4.69, 9.17) is 9.47 Å². The van der Waals surface area contributed by atoms with Crippen LogP contribution in [0.25, 0.3) is 0 Å². The Balaban J connectivity index is 2.31. The maximum absolute atomic E-state index is 11.3. The van der Waals surface area contributed by atoms with Crippen molar-refractivity contribution in [1.29, 1.82) is 0 Å². The second-order valence-corrected chi connectivity index (χ2v) is 5.67. The number of rotatable bonds is 2. The summed E-state index contributed by atoms with van der Waals surface area (Å²) < 4.78 is 11.4. The van der Waals surface area contributed by atoms with Gasteiger partial charge in [-0.05, 0) is 47.5 Å². The van der Waals surface area contributed by atoms with Crippen molar-refractivity contribution < 1.29 is 14.3 Å². The van der Waals surface area contributed by atoms with E-state index >= 15 is 0 Å². The maximum atomic E-state index is 11.3. The van der Waals surface area contributed by atoms with E-state index in [1.54, 1.807) is 7.11 Å². The van der Waals surface area contributed by atoms with E-state index in [9.17, 15) is 4.79 Å². The number of hydrogen-bond donors (Lipinski definition) is 1. The molecule has 0 radical (unpaired) electrons. The Morgan fingerprint density at radius 1 is 1.50 bits per heavy atom. The van der Waals surface area contributed by atoms with Crippen LogP contribution in [0.2, 0.25) is 0 Å². The number of carbonyl (C=O) groups is 1. The molecule has 0 saturated carbocycles. The van der Waals surface area contributed by atoms with Crippen LogP contribution in [0.1, 0.15) is 25.3 Å². The fourth-order valence-electron chi connectivity index (χ4n) is 2.20. The SMILES string of the molecule is COc1ccc([C@H]2CNC(=O)OC2(C)C)cc1Br. The zero-order valence-corrected chi connectivity index (χ0v) is 12.2. The third kappa shape index (κ3) is 2.46. The van der Waals surface area contributed by atoms with Gasteiger partial charge in [-0.15, -0.1) is 0 Å². The van der Waals surface area contributed by atoms with Crippen LogP contribution >= 0.6 is 15.9 Å². The Kier molecular flexibility index (Phi) is 3.52. The number of halogens is 1. The predicted octanol–water partition coefficient (Wildman–Crippen LogP) is 3.06. The van der Waals surface area contributed by atoms with Crippen molar-refractivity contribution in [3.8, 4) is 5.75 Å². The Hall–Kier alpha value is -1.23. The molecule has 18 heavy (non-hydrogen) atoms. The van der Waals surface area contributed by atoms with Gasteiger partial charge in [0, 0.05) is 12.5 Å². The van der Waals surface area contributed by atoms with E-state index in [1.807, 2.05) is 32.0 Å². The predicted molar refractivity (Wildman–Crippen MR) is 72.0 cm³/mol. The lowest BCUT2D eigenvalue weighted by atomic mass is 9.83. The third-order valence-corrected chi connectivity index (χ3v) is 3.84. The normalized spacial score (nSPS) is 22.0. The van der Waals surface area contributed by atoms with E-state index < -0.39 is 5.60 Å². The molecule has 0 bridgehead atoms. The molecule has 1 aliphatic rings. The number of ether oxygens (including phenoxy) is 2. The van der Waals surface area contributed by atoms with Crippen LogP contribution in [-0.4, -0.2) is 25.3 Å². The number of nitrogens with one attached hydrogen (secondary N) is 1. The first kappa shape index (κ1) is 13.2. The minimum absolute atomic E-state index is 0.109. The summed E-state index contributed by atoms with van der Waals surface area (Å²) in [4.78, 5) is 11.3. The van der Waals surface area contributed by atoms with E-state index in [-0.39, 0.29) is 12.0 Å². The molecule has 0 aromatic heterocycles. The summed E-state index contributed by atoms with van der Waals surface area (Å²) in [6.07, 6.45) is -0.358. The Morgan fingerprint density at radius 2 is 2.22 bits per heavy atom. The molecule has 1 heterocycles. The second kappa shape index (κ2) is 4.80. The molecule has 1 aromatic carbocycles. The summed E-state index contributed by atoms with van der Waals surface area (Å²) in [6.45, 7) is 4.42. The van der Waals surface area contributed by atoms with Gasteiger partial charge in [-0.2, -0.15) is 0 Å². The number of amides is 1. The van der Waals surface area contributed by atoms with Crippen LogP contribution in [0.5, 0.6) is 5.75 Å². The first-order valence-corrected chi connectivity index (χ1v) is 6.53. The number of alkyl carbamates (subject to hydrolysis) is 1. The number of methoxy groups -OCH3 is 1. The topological polar surface area (TPSA) is 47.6 Å². The second-order valence-electron chi connectivity index (χ2n) is 4.82. The Morgan fingerprint density at radius 3 is 2.78 bits per heavy atom. The van der Waals surface area contributed by atoms with Crippen molar-refractivity contribution in [1.82, 2.24) is 5.32 Å². The average Bonchev–Trinajstić information content (AvgIpc) is 2.27. The first-order valence-electron chi connectivity index (χ1n) is 5.74. The van der Waals surface area contributed by atoms with Gasteiger partial charge in [0.15, 0.2) is 0 Å². The van der Waals surface area contributed by atoms with Crippen molar-refractivity contribution in [3.63, 3.8) is 0 Å². The number of benzene rings is 1. The number of cyclic esters (lactones) is 1. The van der Waals surface area contributed by atoms with Crippen LogP contribution in [0.3, 0.4) is 0 Å². The Labute approximate surface area is 115 Å². The Bertz CT molecular complexity index is 473. The summed E-state index contributed by atoms with van der Waals surface area (Å²) in [5.41, 5.74) is 0.587. The lowest BCUT2D eigenvalue weighted by Crippen LogP contribution is -2.49. The van der Waals surface area contributed by atoms with Gasteiger partial charge in [0.1, 0.15) is 11.4 Å². The van der Waals surface area contributed by atoms with E-state index in [0.29, 0.717) is 6.54 Å². The highest BCUT2D eigenvalue weighted by Crippen LogP contribution is 2.36. The number of carbonyl (C=O) groups excluding carboxylic acids is 1. The highest BCUT2D eigenvalue weighted by Gasteiger charge is 2.38. The standard InChI is InChI=1S/C13H16BrNO3/c1-13(2)9(7-15-12(16)18-13)8-4-5-11(17-3)10(14)6-8/h4-6,9H,7H2,1-3H3,(H,15,16)/t9-/m1/s1. The molecule has 1 amide bonds. The lowest BCUT2D eigenvalue weighted by molar-refractivity contribution is -0.00195. The monoisotopic (exact) mass is 313 g/mol. The summed E-state index contributed by atoms with van der Waals surface area (Å²) in [6, 6.07) is 5.91. The smallest absolute Gasteiger partial charge is 0.407 e. The van der Waals surface area contributed by atoms with Crippen LogP contribution < -0.4 is 10.1 Å². The van der Waals surface area contributed by atoms with Gasteiger partial charge < -0.3 is 14.8 Å². The minimum atomic E-state index is -0.517. The van der Waals surface area contributed by atoms with Crippen LogP contribution in [0, 0.1) is 0 Å². The molecular formula is C13H16BrNO3. The maximum Gasteiger partial charge on any atom is 0.407 e. The van der Waals surface area contributed by atoms with Gasteiger partial charge in [0.05, 0.1) is 11.6 Å². The summed E-state index contributed by atoms with van der Waals surface area (Å²) >= 11 is 3.47. The molecule has 4 nitrogen and oxygen atoms in total. The highest BCUT2D eigenvalue weighted by atomic mass is 79.9. The van der Waals surface area contributed by atoms with Crippen molar-refractivity contribution in [2.24, 2.45) is 0 Å². The fraction of sp³-hybridized carbons (Fsp3) is 0.462. The van der Waals surface area contributed by atoms with Crippen LogP contribution in [0.15, 0.2) is 22.7 Å². The molecule has 1 N–H and O–H groups in total. The fourth-order valence-corrected chi connectivity index (χ4v) is 2.75. The molecule has 1 atom stereocenters. The van der Waals surface area contributed by atoms with Crippen LogP contribution in [0.4, 0.5) is 4.79 Å². The third-order valence-electron chi connectivity index (χ3n) is 3.22. The van der Waals surface area contributed by atoms with Gasteiger partial charge in [-0.25, -0.2) is 4.79 Å². The molecule has 1 saturated heterocycles. The number of hydrogen-bond acceptors (Lipinski definition) is 3. The van der Waals surface area contributed by atoms with Gasteiger partial charge >= 0.3 is 6.09 Å². The largest absolute Gasteiger partial charge is 0.496 e. The molecule has 1 fully saturated rings. The minimum Gasteiger partial charge on any atom is -0.496 e. The molecule has 98 valence electrons. The average molecular weight is 314 g/mol. The molecule has 1 aromatic rings. The molecule has 2 rings (SSSR count). The zero-order chi connectivity index (χ0) is 13.3. The first-order chi connectivity index (χ1) is 8.44. The molecule has 0 unspecified atom stereocenters. The highest BCUT2D eigenvalue weighted by molar-refractivity contribution is 9.10. The zero-order valence-electron chi connectivity index (χ0n) is 10.6. The summed E-state index contributed by atoms with van der Waals surface area (Å²) in [5.74, 6) is 0.898. The van der Waals surface area contributed by atoms with Crippen molar-refractivity contribution in [3.05, 3.63) is 28.2 Å². The molecule has 5 heteroatoms. The van der Waals surface area contributed by atoms with Gasteiger partial charge in [0.25, 0.3) is 0 Å². The molecule has 0 spiro atoms. The van der Waals surface area contributed by atoms with E-state index in [1.165, 1.54) is 0 Å². The molecular weight excluding hydrogens is 298 g/mol. The molecule has 1 aliphatic heterocycles. The van der Waals surface area contributed by atoms with Gasteiger partial charge in [-0.1, -0.05) is 6.07 Å².